The van der Waals surface area contributed by atoms with E-state index in [1.54, 1.807) is 12.1 Å². The average molecular weight is 242 g/mol. The summed E-state index contributed by atoms with van der Waals surface area (Å²) in [5.41, 5.74) is 0.668. The van der Waals surface area contributed by atoms with Crippen molar-refractivity contribution in [3.8, 4) is 11.5 Å². The summed E-state index contributed by atoms with van der Waals surface area (Å²) in [5.74, 6) is 0.241. The van der Waals surface area contributed by atoms with E-state index < -0.39 is 6.29 Å². The molecule has 3 rings (SSSR count). The first-order valence-corrected chi connectivity index (χ1v) is 5.50. The Kier molecular flexibility index (Phi) is 2.32. The molecule has 0 bridgehead atoms. The van der Waals surface area contributed by atoms with Crippen LogP contribution in [0.2, 0.25) is 0 Å². The molecule has 2 heterocycles. The highest BCUT2D eigenvalue weighted by Crippen LogP contribution is 2.46. The minimum absolute atomic E-state index is 0.103. The van der Waals surface area contributed by atoms with Gasteiger partial charge in [0.25, 0.3) is 0 Å². The summed E-state index contributed by atoms with van der Waals surface area (Å²) in [4.78, 5) is 2.01. The molecule has 1 aromatic carbocycles. The number of hydrogen-bond acceptors (Lipinski definition) is 4. The molecule has 0 spiro atoms. The van der Waals surface area contributed by atoms with E-state index in [0.29, 0.717) is 5.69 Å². The molecule has 17 heavy (non-hydrogen) atoms. The van der Waals surface area contributed by atoms with Crippen LogP contribution in [0.4, 0.5) is 14.5 Å². The molecule has 1 aromatic rings. The van der Waals surface area contributed by atoms with E-state index in [0.717, 1.165) is 26.2 Å². The highest BCUT2D eigenvalue weighted by molar-refractivity contribution is 5.66. The molecule has 0 aliphatic carbocycles. The molecule has 2 aliphatic rings. The van der Waals surface area contributed by atoms with Gasteiger partial charge in [-0.05, 0) is 12.1 Å². The first-order valence-electron chi connectivity index (χ1n) is 5.50. The molecule has 0 atom stereocenters. The Morgan fingerprint density at radius 3 is 2.71 bits per heavy atom. The van der Waals surface area contributed by atoms with Gasteiger partial charge in [0.15, 0.2) is 11.5 Å². The lowest BCUT2D eigenvalue weighted by atomic mass is 10.2. The molecular formula is C11H12F2N2O2. The van der Waals surface area contributed by atoms with E-state index in [-0.39, 0.29) is 11.5 Å². The zero-order valence-corrected chi connectivity index (χ0v) is 9.08. The summed E-state index contributed by atoms with van der Waals surface area (Å²) in [6.45, 7) is 3.21. The fraction of sp³-hybridized carbons (Fsp3) is 0.455. The minimum atomic E-state index is -3.55. The van der Waals surface area contributed by atoms with Gasteiger partial charge in [-0.15, -0.1) is 8.78 Å². The monoisotopic (exact) mass is 242 g/mol. The van der Waals surface area contributed by atoms with Crippen LogP contribution in [0.1, 0.15) is 0 Å². The van der Waals surface area contributed by atoms with Crippen LogP contribution in [-0.2, 0) is 0 Å². The van der Waals surface area contributed by atoms with Crippen LogP contribution in [-0.4, -0.2) is 32.5 Å². The number of anilines is 1. The zero-order chi connectivity index (χ0) is 11.9. The number of fused-ring (bicyclic) bond motifs is 1. The van der Waals surface area contributed by atoms with E-state index in [2.05, 4.69) is 14.8 Å². The van der Waals surface area contributed by atoms with Gasteiger partial charge in [-0.25, -0.2) is 0 Å². The van der Waals surface area contributed by atoms with Crippen molar-refractivity contribution in [1.82, 2.24) is 5.32 Å². The second-order valence-electron chi connectivity index (χ2n) is 4.01. The lowest BCUT2D eigenvalue weighted by molar-refractivity contribution is -0.286. The number of rotatable bonds is 1. The summed E-state index contributed by atoms with van der Waals surface area (Å²) < 4.78 is 35.0. The van der Waals surface area contributed by atoms with Crippen LogP contribution in [0.15, 0.2) is 18.2 Å². The van der Waals surface area contributed by atoms with E-state index in [4.69, 9.17) is 0 Å². The van der Waals surface area contributed by atoms with E-state index in [9.17, 15) is 8.78 Å². The maximum atomic E-state index is 13.0. The van der Waals surface area contributed by atoms with Gasteiger partial charge in [-0.3, -0.25) is 0 Å². The van der Waals surface area contributed by atoms with Gasteiger partial charge < -0.3 is 19.7 Å². The Morgan fingerprint density at radius 1 is 1.18 bits per heavy atom. The fourth-order valence-corrected chi connectivity index (χ4v) is 2.11. The number of benzene rings is 1. The molecule has 2 aliphatic heterocycles. The number of alkyl halides is 2. The fourth-order valence-electron chi connectivity index (χ4n) is 2.11. The summed E-state index contributed by atoms with van der Waals surface area (Å²) in [5, 5.41) is 3.21. The lowest BCUT2D eigenvalue weighted by Gasteiger charge is -2.29. The van der Waals surface area contributed by atoms with Crippen LogP contribution >= 0.6 is 0 Å². The zero-order valence-electron chi connectivity index (χ0n) is 9.08. The molecule has 6 heteroatoms. The second-order valence-corrected chi connectivity index (χ2v) is 4.01. The van der Waals surface area contributed by atoms with Gasteiger partial charge in [0.1, 0.15) is 0 Å². The Bertz CT molecular complexity index is 433. The van der Waals surface area contributed by atoms with Crippen molar-refractivity contribution < 1.29 is 18.3 Å². The Hall–Kier alpha value is -1.56. The Morgan fingerprint density at radius 2 is 1.94 bits per heavy atom. The number of piperazine rings is 1. The predicted molar refractivity (Wildman–Crippen MR) is 57.7 cm³/mol. The van der Waals surface area contributed by atoms with Crippen molar-refractivity contribution in [3.63, 3.8) is 0 Å². The van der Waals surface area contributed by atoms with Crippen molar-refractivity contribution in [2.24, 2.45) is 0 Å². The molecule has 0 saturated carbocycles. The van der Waals surface area contributed by atoms with E-state index >= 15 is 0 Å². The molecule has 4 nitrogen and oxygen atoms in total. The second kappa shape index (κ2) is 3.73. The molecule has 92 valence electrons. The van der Waals surface area contributed by atoms with Crippen molar-refractivity contribution in [1.29, 1.82) is 0 Å². The summed E-state index contributed by atoms with van der Waals surface area (Å²) in [6, 6.07) is 4.96. The van der Waals surface area contributed by atoms with Gasteiger partial charge in [0, 0.05) is 26.2 Å². The molecular weight excluding hydrogens is 230 g/mol. The number of ether oxygens (including phenoxy) is 2. The van der Waals surface area contributed by atoms with Crippen LogP contribution in [0, 0.1) is 0 Å². The average Bonchev–Trinajstić information content (AvgIpc) is 2.63. The van der Waals surface area contributed by atoms with Crippen LogP contribution in [0.5, 0.6) is 11.5 Å². The van der Waals surface area contributed by atoms with Crippen molar-refractivity contribution in [3.05, 3.63) is 18.2 Å². The minimum Gasteiger partial charge on any atom is -0.395 e. The number of nitrogens with zero attached hydrogens (tertiary/aromatic N) is 1. The SMILES string of the molecule is FC1(F)Oc2cccc(N3CCNCC3)c2O1. The van der Waals surface area contributed by atoms with Crippen LogP contribution in [0.25, 0.3) is 0 Å². The maximum absolute atomic E-state index is 13.0. The third-order valence-corrected chi connectivity index (χ3v) is 2.87. The summed E-state index contributed by atoms with van der Waals surface area (Å²) >= 11 is 0. The van der Waals surface area contributed by atoms with Crippen molar-refractivity contribution in [2.75, 3.05) is 31.1 Å². The largest absolute Gasteiger partial charge is 0.586 e. The number of halogens is 2. The summed E-state index contributed by atoms with van der Waals surface area (Å²) in [6.07, 6.45) is -3.55. The van der Waals surface area contributed by atoms with Gasteiger partial charge in [-0.1, -0.05) is 6.07 Å². The van der Waals surface area contributed by atoms with Gasteiger partial charge in [0.2, 0.25) is 0 Å². The topological polar surface area (TPSA) is 33.7 Å². The molecule has 0 radical (unpaired) electrons. The lowest BCUT2D eigenvalue weighted by Crippen LogP contribution is -2.43. The first-order chi connectivity index (χ1) is 8.16. The van der Waals surface area contributed by atoms with Gasteiger partial charge in [-0.2, -0.15) is 0 Å². The van der Waals surface area contributed by atoms with Crippen molar-refractivity contribution in [2.45, 2.75) is 6.29 Å². The standard InChI is InChI=1S/C11H12F2N2O2/c12-11(13)16-9-3-1-2-8(10(9)17-11)15-6-4-14-5-7-15/h1-3,14H,4-7H2. The third kappa shape index (κ3) is 1.88. The maximum Gasteiger partial charge on any atom is 0.586 e. The molecule has 0 aromatic heterocycles. The number of nitrogens with one attached hydrogen (secondary N) is 1. The van der Waals surface area contributed by atoms with Gasteiger partial charge in [0.05, 0.1) is 5.69 Å². The predicted octanol–water partition coefficient (Wildman–Crippen LogP) is 1.42. The first kappa shape index (κ1) is 10.6. The molecule has 1 saturated heterocycles. The summed E-state index contributed by atoms with van der Waals surface area (Å²) in [7, 11) is 0. The van der Waals surface area contributed by atoms with Crippen molar-refractivity contribution >= 4 is 5.69 Å². The molecule has 1 fully saturated rings. The Balaban J connectivity index is 1.94. The smallest absolute Gasteiger partial charge is 0.395 e. The highest BCUT2D eigenvalue weighted by atomic mass is 19.3. The van der Waals surface area contributed by atoms with Gasteiger partial charge >= 0.3 is 6.29 Å². The Labute approximate surface area is 97.1 Å². The van der Waals surface area contributed by atoms with E-state index in [1.807, 2.05) is 4.90 Å². The molecule has 0 unspecified atom stereocenters. The molecule has 1 N–H and O–H groups in total. The normalized spacial score (nSPS) is 21.6. The quantitative estimate of drug-likeness (QED) is 0.807. The number of hydrogen-bond donors (Lipinski definition) is 1. The number of para-hydroxylation sites is 1. The van der Waals surface area contributed by atoms with Crippen LogP contribution < -0.4 is 19.7 Å². The molecule has 0 amide bonds. The third-order valence-electron chi connectivity index (χ3n) is 2.87. The van der Waals surface area contributed by atoms with Crippen LogP contribution in [0.3, 0.4) is 0 Å². The van der Waals surface area contributed by atoms with E-state index in [1.165, 1.54) is 6.07 Å². The highest BCUT2D eigenvalue weighted by Gasteiger charge is 2.45.